The molecule has 3 aromatic rings. The van der Waals surface area contributed by atoms with Crippen LogP contribution in [0.15, 0.2) is 42.5 Å². The van der Waals surface area contributed by atoms with Crippen molar-refractivity contribution in [2.45, 2.75) is 13.8 Å². The Morgan fingerprint density at radius 3 is 2.64 bits per heavy atom. The van der Waals surface area contributed by atoms with Crippen LogP contribution in [-0.4, -0.2) is 28.3 Å². The fourth-order valence-electron chi connectivity index (χ4n) is 2.85. The van der Waals surface area contributed by atoms with Gasteiger partial charge in [-0.25, -0.2) is 4.79 Å². The van der Waals surface area contributed by atoms with Gasteiger partial charge in [0.25, 0.3) is 5.91 Å². The molecule has 2 aromatic carbocycles. The lowest BCUT2D eigenvalue weighted by Crippen LogP contribution is -2.18. The van der Waals surface area contributed by atoms with E-state index in [2.05, 4.69) is 10.4 Å². The number of aromatic nitrogens is 2. The Morgan fingerprint density at radius 2 is 1.88 bits per heavy atom. The van der Waals surface area contributed by atoms with Gasteiger partial charge in [-0.2, -0.15) is 5.10 Å². The monoisotopic (exact) mass is 337 g/mol. The van der Waals surface area contributed by atoms with Gasteiger partial charge in [-0.15, -0.1) is 0 Å². The molecule has 0 radical (unpaired) electrons. The van der Waals surface area contributed by atoms with Crippen molar-refractivity contribution in [1.29, 1.82) is 0 Å². The molecule has 0 aliphatic carbocycles. The number of benzene rings is 2. The average molecular weight is 337 g/mol. The molecular weight excluding hydrogens is 318 g/mol. The Hall–Kier alpha value is -3.15. The lowest BCUT2D eigenvalue weighted by Gasteiger charge is -2.10. The number of hydrogen-bond donors (Lipinski definition) is 1. The van der Waals surface area contributed by atoms with Crippen molar-refractivity contribution in [3.8, 4) is 0 Å². The van der Waals surface area contributed by atoms with Crippen LogP contribution >= 0.6 is 0 Å². The molecule has 3 rings (SSSR count). The van der Waals surface area contributed by atoms with Gasteiger partial charge >= 0.3 is 5.97 Å². The summed E-state index contributed by atoms with van der Waals surface area (Å²) >= 11 is 0. The Bertz CT molecular complexity index is 954. The minimum Gasteiger partial charge on any atom is -0.462 e. The van der Waals surface area contributed by atoms with Crippen molar-refractivity contribution in [2.75, 3.05) is 11.9 Å². The number of hydrogen-bond acceptors (Lipinski definition) is 4. The fraction of sp³-hybridized carbons (Fsp3) is 0.211. The SMILES string of the molecule is CCOC(=O)c1c(C)nn(C)c1NC(=O)c1cccc2ccccc12. The molecule has 1 heterocycles. The number of anilines is 1. The Morgan fingerprint density at radius 1 is 1.16 bits per heavy atom. The van der Waals surface area contributed by atoms with E-state index in [-0.39, 0.29) is 18.1 Å². The van der Waals surface area contributed by atoms with E-state index in [0.717, 1.165) is 10.8 Å². The molecule has 0 saturated carbocycles. The predicted octanol–water partition coefficient (Wildman–Crippen LogP) is 3.31. The third-order valence-electron chi connectivity index (χ3n) is 3.97. The van der Waals surface area contributed by atoms with Crippen LogP contribution in [0.4, 0.5) is 5.82 Å². The topological polar surface area (TPSA) is 73.2 Å². The first kappa shape index (κ1) is 16.7. The summed E-state index contributed by atoms with van der Waals surface area (Å²) in [4.78, 5) is 25.0. The molecule has 6 nitrogen and oxygen atoms in total. The fourth-order valence-corrected chi connectivity index (χ4v) is 2.85. The van der Waals surface area contributed by atoms with Gasteiger partial charge in [-0.3, -0.25) is 9.48 Å². The highest BCUT2D eigenvalue weighted by Gasteiger charge is 2.23. The van der Waals surface area contributed by atoms with Crippen molar-refractivity contribution >= 4 is 28.5 Å². The molecule has 0 aliphatic heterocycles. The average Bonchev–Trinajstić information content (AvgIpc) is 2.88. The molecule has 6 heteroatoms. The second kappa shape index (κ2) is 6.76. The lowest BCUT2D eigenvalue weighted by molar-refractivity contribution is 0.0526. The zero-order valence-corrected chi connectivity index (χ0v) is 14.4. The second-order valence-corrected chi connectivity index (χ2v) is 5.63. The van der Waals surface area contributed by atoms with Crippen LogP contribution in [-0.2, 0) is 11.8 Å². The summed E-state index contributed by atoms with van der Waals surface area (Å²) < 4.78 is 6.55. The van der Waals surface area contributed by atoms with Gasteiger partial charge in [-0.1, -0.05) is 36.4 Å². The molecule has 25 heavy (non-hydrogen) atoms. The van der Waals surface area contributed by atoms with Crippen molar-refractivity contribution in [1.82, 2.24) is 9.78 Å². The first-order chi connectivity index (χ1) is 12.0. The van der Waals surface area contributed by atoms with Crippen LogP contribution in [0.1, 0.15) is 33.3 Å². The molecule has 128 valence electrons. The van der Waals surface area contributed by atoms with Gasteiger partial charge in [0, 0.05) is 12.6 Å². The predicted molar refractivity (Wildman–Crippen MR) is 95.8 cm³/mol. The van der Waals surface area contributed by atoms with E-state index in [0.29, 0.717) is 17.1 Å². The van der Waals surface area contributed by atoms with Gasteiger partial charge in [0.2, 0.25) is 0 Å². The van der Waals surface area contributed by atoms with E-state index in [9.17, 15) is 9.59 Å². The summed E-state index contributed by atoms with van der Waals surface area (Å²) in [5.74, 6) is -0.472. The summed E-state index contributed by atoms with van der Waals surface area (Å²) in [7, 11) is 1.68. The lowest BCUT2D eigenvalue weighted by atomic mass is 10.0. The van der Waals surface area contributed by atoms with Crippen LogP contribution in [0.3, 0.4) is 0 Å². The molecule has 0 aliphatic rings. The van der Waals surface area contributed by atoms with E-state index in [1.165, 1.54) is 4.68 Å². The summed E-state index contributed by atoms with van der Waals surface area (Å²) in [6, 6.07) is 13.2. The minimum absolute atomic E-state index is 0.254. The molecule has 1 aromatic heterocycles. The molecule has 1 amide bonds. The van der Waals surface area contributed by atoms with Crippen molar-refractivity contribution in [3.63, 3.8) is 0 Å². The first-order valence-corrected chi connectivity index (χ1v) is 8.02. The maximum Gasteiger partial charge on any atom is 0.343 e. The molecule has 0 spiro atoms. The number of rotatable bonds is 4. The number of carbonyl (C=O) groups is 2. The number of nitrogens with zero attached hydrogens (tertiary/aromatic N) is 2. The van der Waals surface area contributed by atoms with Crippen LogP contribution in [0, 0.1) is 6.92 Å². The Balaban J connectivity index is 2.00. The van der Waals surface area contributed by atoms with E-state index in [1.807, 2.05) is 36.4 Å². The molecule has 0 saturated heterocycles. The quantitative estimate of drug-likeness (QED) is 0.741. The van der Waals surface area contributed by atoms with Gasteiger partial charge in [-0.05, 0) is 30.7 Å². The van der Waals surface area contributed by atoms with Crippen molar-refractivity contribution in [3.05, 3.63) is 59.3 Å². The standard InChI is InChI=1S/C19H19N3O3/c1-4-25-19(24)16-12(2)21-22(3)17(16)20-18(23)15-11-7-9-13-8-5-6-10-14(13)15/h5-11H,4H2,1-3H3,(H,20,23). The number of fused-ring (bicyclic) bond motifs is 1. The summed E-state index contributed by atoms with van der Waals surface area (Å²) in [5, 5.41) is 8.85. The largest absolute Gasteiger partial charge is 0.462 e. The maximum atomic E-state index is 12.8. The van der Waals surface area contributed by atoms with Gasteiger partial charge < -0.3 is 10.1 Å². The van der Waals surface area contributed by atoms with E-state index >= 15 is 0 Å². The normalized spacial score (nSPS) is 10.7. The van der Waals surface area contributed by atoms with Crippen LogP contribution < -0.4 is 5.32 Å². The molecule has 0 bridgehead atoms. The highest BCUT2D eigenvalue weighted by Crippen LogP contribution is 2.23. The number of aryl methyl sites for hydroxylation is 2. The van der Waals surface area contributed by atoms with E-state index < -0.39 is 5.97 Å². The smallest absolute Gasteiger partial charge is 0.343 e. The van der Waals surface area contributed by atoms with Gasteiger partial charge in [0.15, 0.2) is 0 Å². The van der Waals surface area contributed by atoms with Crippen LogP contribution in [0.2, 0.25) is 0 Å². The van der Waals surface area contributed by atoms with Gasteiger partial charge in [0.1, 0.15) is 11.4 Å². The highest BCUT2D eigenvalue weighted by molar-refractivity contribution is 6.14. The van der Waals surface area contributed by atoms with E-state index in [4.69, 9.17) is 4.74 Å². The Labute approximate surface area is 145 Å². The maximum absolute atomic E-state index is 12.8. The Kier molecular flexibility index (Phi) is 4.52. The summed E-state index contributed by atoms with van der Waals surface area (Å²) in [6.07, 6.45) is 0. The molecule has 0 atom stereocenters. The minimum atomic E-state index is -0.499. The molecule has 1 N–H and O–H groups in total. The number of ether oxygens (including phenoxy) is 1. The van der Waals surface area contributed by atoms with Crippen LogP contribution in [0.25, 0.3) is 10.8 Å². The zero-order chi connectivity index (χ0) is 18.0. The number of esters is 1. The number of nitrogens with one attached hydrogen (secondary N) is 1. The first-order valence-electron chi connectivity index (χ1n) is 8.02. The molecule has 0 fully saturated rings. The summed E-state index contributed by atoms with van der Waals surface area (Å²) in [5.41, 5.74) is 1.32. The van der Waals surface area contributed by atoms with Crippen LogP contribution in [0.5, 0.6) is 0 Å². The number of amides is 1. The van der Waals surface area contributed by atoms with Crippen molar-refractivity contribution in [2.24, 2.45) is 7.05 Å². The van der Waals surface area contributed by atoms with Gasteiger partial charge in [0.05, 0.1) is 12.3 Å². The third kappa shape index (κ3) is 3.10. The second-order valence-electron chi connectivity index (χ2n) is 5.63. The molecular formula is C19H19N3O3. The number of carbonyl (C=O) groups excluding carboxylic acids is 2. The van der Waals surface area contributed by atoms with E-state index in [1.54, 1.807) is 27.0 Å². The highest BCUT2D eigenvalue weighted by atomic mass is 16.5. The van der Waals surface area contributed by atoms with Crippen molar-refractivity contribution < 1.29 is 14.3 Å². The molecule has 0 unspecified atom stereocenters. The summed E-state index contributed by atoms with van der Waals surface area (Å²) in [6.45, 7) is 3.70. The zero-order valence-electron chi connectivity index (χ0n) is 14.4. The third-order valence-corrected chi connectivity index (χ3v) is 3.97.